The highest BCUT2D eigenvalue weighted by atomic mass is 35.5. The van der Waals surface area contributed by atoms with Crippen molar-refractivity contribution >= 4 is 29.3 Å². The average molecular weight is 287 g/mol. The van der Waals surface area contributed by atoms with Crippen LogP contribution in [0.4, 0.5) is 14.9 Å². The quantitative estimate of drug-likeness (QED) is 0.838. The Hall–Kier alpha value is -1.82. The van der Waals surface area contributed by atoms with Crippen molar-refractivity contribution < 1.29 is 18.7 Å². The van der Waals surface area contributed by atoms with Crippen molar-refractivity contribution in [2.24, 2.45) is 0 Å². The standard InChI is InChI=1S/C12H12ClFN2O3/c1-19-10(17)12(4-5-12)16-11(18)15-7-2-3-8(13)9(14)6-7/h2-3,6H,4-5H2,1H3,(H2,15,16,18). The number of nitrogens with one attached hydrogen (secondary N) is 2. The summed E-state index contributed by atoms with van der Waals surface area (Å²) >= 11 is 5.53. The van der Waals surface area contributed by atoms with E-state index in [0.29, 0.717) is 12.8 Å². The highest BCUT2D eigenvalue weighted by Crippen LogP contribution is 2.36. The second-order valence-electron chi connectivity index (χ2n) is 4.28. The van der Waals surface area contributed by atoms with Gasteiger partial charge in [-0.2, -0.15) is 0 Å². The SMILES string of the molecule is COC(=O)C1(NC(=O)Nc2ccc(Cl)c(F)c2)CC1. The maximum Gasteiger partial charge on any atom is 0.331 e. The van der Waals surface area contributed by atoms with E-state index in [4.69, 9.17) is 11.6 Å². The Balaban J connectivity index is 1.98. The van der Waals surface area contributed by atoms with Gasteiger partial charge in [-0.1, -0.05) is 11.6 Å². The van der Waals surface area contributed by atoms with Crippen molar-refractivity contribution in [3.8, 4) is 0 Å². The van der Waals surface area contributed by atoms with E-state index in [1.807, 2.05) is 0 Å². The van der Waals surface area contributed by atoms with Gasteiger partial charge in [-0.3, -0.25) is 0 Å². The van der Waals surface area contributed by atoms with Gasteiger partial charge in [0.2, 0.25) is 0 Å². The lowest BCUT2D eigenvalue weighted by molar-refractivity contribution is -0.144. The summed E-state index contributed by atoms with van der Waals surface area (Å²) in [5.74, 6) is -1.11. The molecule has 0 spiro atoms. The molecule has 7 heteroatoms. The van der Waals surface area contributed by atoms with Crippen molar-refractivity contribution in [1.82, 2.24) is 5.32 Å². The number of urea groups is 1. The fraction of sp³-hybridized carbons (Fsp3) is 0.333. The molecule has 102 valence electrons. The van der Waals surface area contributed by atoms with Crippen molar-refractivity contribution in [2.75, 3.05) is 12.4 Å². The van der Waals surface area contributed by atoms with Crippen LogP contribution in [0.2, 0.25) is 5.02 Å². The predicted molar refractivity (Wildman–Crippen MR) is 67.5 cm³/mol. The summed E-state index contributed by atoms with van der Waals surface area (Å²) in [7, 11) is 1.26. The molecule has 1 saturated carbocycles. The van der Waals surface area contributed by atoms with E-state index in [1.165, 1.54) is 19.2 Å². The molecule has 0 bridgehead atoms. The first-order valence-electron chi connectivity index (χ1n) is 5.59. The van der Waals surface area contributed by atoms with Crippen molar-refractivity contribution in [2.45, 2.75) is 18.4 Å². The van der Waals surface area contributed by atoms with Gasteiger partial charge in [0.15, 0.2) is 0 Å². The van der Waals surface area contributed by atoms with E-state index in [2.05, 4.69) is 15.4 Å². The van der Waals surface area contributed by atoms with Gasteiger partial charge in [0, 0.05) is 5.69 Å². The summed E-state index contributed by atoms with van der Waals surface area (Å²) in [4.78, 5) is 23.1. The monoisotopic (exact) mass is 286 g/mol. The van der Waals surface area contributed by atoms with Crippen LogP contribution in [0.5, 0.6) is 0 Å². The summed E-state index contributed by atoms with van der Waals surface area (Å²) in [5, 5.41) is 4.92. The summed E-state index contributed by atoms with van der Waals surface area (Å²) < 4.78 is 17.8. The highest BCUT2D eigenvalue weighted by Gasteiger charge is 2.52. The molecule has 0 aromatic heterocycles. The first kappa shape index (κ1) is 13.6. The number of carbonyl (C=O) groups is 2. The van der Waals surface area contributed by atoms with E-state index in [-0.39, 0.29) is 10.7 Å². The third kappa shape index (κ3) is 2.96. The number of esters is 1. The fourth-order valence-corrected chi connectivity index (χ4v) is 1.77. The Morgan fingerprint density at radius 2 is 2.11 bits per heavy atom. The minimum Gasteiger partial charge on any atom is -0.467 e. The Kier molecular flexibility index (Phi) is 3.61. The van der Waals surface area contributed by atoms with Crippen LogP contribution in [0, 0.1) is 5.82 Å². The van der Waals surface area contributed by atoms with Crippen molar-refractivity contribution in [3.63, 3.8) is 0 Å². The molecule has 0 heterocycles. The summed E-state index contributed by atoms with van der Waals surface area (Å²) in [6.07, 6.45) is 1.06. The smallest absolute Gasteiger partial charge is 0.331 e. The molecule has 2 N–H and O–H groups in total. The number of rotatable bonds is 3. The lowest BCUT2D eigenvalue weighted by Crippen LogP contribution is -2.45. The first-order chi connectivity index (χ1) is 8.97. The molecule has 0 saturated heterocycles. The molecule has 1 aliphatic rings. The van der Waals surface area contributed by atoms with Crippen LogP contribution in [0.3, 0.4) is 0 Å². The molecule has 1 aliphatic carbocycles. The van der Waals surface area contributed by atoms with Crippen LogP contribution in [0.1, 0.15) is 12.8 Å². The second kappa shape index (κ2) is 5.05. The molecule has 2 rings (SSSR count). The number of hydrogen-bond acceptors (Lipinski definition) is 3. The van der Waals surface area contributed by atoms with Crippen LogP contribution in [-0.4, -0.2) is 24.6 Å². The minimum atomic E-state index is -0.941. The van der Waals surface area contributed by atoms with Crippen LogP contribution in [0.25, 0.3) is 0 Å². The van der Waals surface area contributed by atoms with Gasteiger partial charge < -0.3 is 15.4 Å². The topological polar surface area (TPSA) is 67.4 Å². The van der Waals surface area contributed by atoms with Gasteiger partial charge in [0.25, 0.3) is 0 Å². The molecule has 0 atom stereocenters. The Labute approximate surface area is 114 Å². The molecule has 2 amide bonds. The van der Waals surface area contributed by atoms with Crippen molar-refractivity contribution in [3.05, 3.63) is 29.0 Å². The van der Waals surface area contributed by atoms with E-state index in [1.54, 1.807) is 0 Å². The third-order valence-corrected chi connectivity index (χ3v) is 3.16. The lowest BCUT2D eigenvalue weighted by Gasteiger charge is -2.15. The lowest BCUT2D eigenvalue weighted by atomic mass is 10.3. The minimum absolute atomic E-state index is 0.0285. The first-order valence-corrected chi connectivity index (χ1v) is 5.97. The number of methoxy groups -OCH3 is 1. The van der Waals surface area contributed by atoms with Crippen LogP contribution in [-0.2, 0) is 9.53 Å². The zero-order valence-electron chi connectivity index (χ0n) is 10.1. The molecule has 0 unspecified atom stereocenters. The number of amides is 2. The van der Waals surface area contributed by atoms with E-state index < -0.39 is 23.4 Å². The Bertz CT molecular complexity index is 532. The second-order valence-corrected chi connectivity index (χ2v) is 4.69. The zero-order valence-corrected chi connectivity index (χ0v) is 10.9. The maximum absolute atomic E-state index is 13.2. The molecule has 1 fully saturated rings. The summed E-state index contributed by atoms with van der Waals surface area (Å²) in [6.45, 7) is 0. The number of carbonyl (C=O) groups excluding carboxylic acids is 2. The van der Waals surface area contributed by atoms with Gasteiger partial charge in [0.05, 0.1) is 12.1 Å². The molecule has 0 aliphatic heterocycles. The summed E-state index contributed by atoms with van der Waals surface area (Å²) in [5.41, 5.74) is -0.691. The van der Waals surface area contributed by atoms with Crippen molar-refractivity contribution in [1.29, 1.82) is 0 Å². The molecule has 1 aromatic rings. The van der Waals surface area contributed by atoms with Gasteiger partial charge in [0.1, 0.15) is 11.4 Å². The van der Waals surface area contributed by atoms with E-state index in [0.717, 1.165) is 6.07 Å². The Morgan fingerprint density at radius 3 is 2.63 bits per heavy atom. The predicted octanol–water partition coefficient (Wildman–Crippen LogP) is 2.31. The normalized spacial score (nSPS) is 15.5. The Morgan fingerprint density at radius 1 is 1.42 bits per heavy atom. The molecular weight excluding hydrogens is 275 g/mol. The maximum atomic E-state index is 13.2. The number of anilines is 1. The van der Waals surface area contributed by atoms with E-state index in [9.17, 15) is 14.0 Å². The largest absolute Gasteiger partial charge is 0.467 e. The van der Waals surface area contributed by atoms with Crippen LogP contribution in [0.15, 0.2) is 18.2 Å². The fourth-order valence-electron chi connectivity index (χ4n) is 1.65. The highest BCUT2D eigenvalue weighted by molar-refractivity contribution is 6.30. The van der Waals surface area contributed by atoms with Gasteiger partial charge in [-0.05, 0) is 31.0 Å². The van der Waals surface area contributed by atoms with Gasteiger partial charge >= 0.3 is 12.0 Å². The number of hydrogen-bond donors (Lipinski definition) is 2. The van der Waals surface area contributed by atoms with Crippen LogP contribution >= 0.6 is 11.6 Å². The van der Waals surface area contributed by atoms with Gasteiger partial charge in [-0.25, -0.2) is 14.0 Å². The molecular formula is C12H12ClFN2O3. The molecule has 1 aromatic carbocycles. The van der Waals surface area contributed by atoms with Crippen LogP contribution < -0.4 is 10.6 Å². The number of benzene rings is 1. The number of ether oxygens (including phenoxy) is 1. The van der Waals surface area contributed by atoms with Gasteiger partial charge in [-0.15, -0.1) is 0 Å². The molecule has 19 heavy (non-hydrogen) atoms. The zero-order chi connectivity index (χ0) is 14.0. The average Bonchev–Trinajstić information content (AvgIpc) is 3.13. The third-order valence-electron chi connectivity index (χ3n) is 2.86. The summed E-state index contributed by atoms with van der Waals surface area (Å²) in [6, 6.07) is 3.30. The number of halogens is 2. The van der Waals surface area contributed by atoms with E-state index >= 15 is 0 Å². The molecule has 5 nitrogen and oxygen atoms in total. The molecule has 0 radical (unpaired) electrons.